The summed E-state index contributed by atoms with van der Waals surface area (Å²) in [4.78, 5) is 12.2. The van der Waals surface area contributed by atoms with E-state index in [0.29, 0.717) is 31.3 Å². The van der Waals surface area contributed by atoms with Gasteiger partial charge in [-0.25, -0.2) is 4.39 Å². The molecule has 25 heavy (non-hydrogen) atoms. The molecule has 0 spiro atoms. The molecule has 2 saturated heterocycles. The van der Waals surface area contributed by atoms with E-state index in [9.17, 15) is 9.18 Å². The van der Waals surface area contributed by atoms with Crippen molar-refractivity contribution in [2.24, 2.45) is 0 Å². The summed E-state index contributed by atoms with van der Waals surface area (Å²) in [6.07, 6.45) is 2.30. The Hall–Kier alpha value is -1.41. The topological polar surface area (TPSA) is 68.8 Å². The van der Waals surface area contributed by atoms with Gasteiger partial charge in [0.2, 0.25) is 5.91 Å². The van der Waals surface area contributed by atoms with Gasteiger partial charge < -0.3 is 24.8 Å². The van der Waals surface area contributed by atoms with Crippen molar-refractivity contribution in [2.45, 2.75) is 31.4 Å². The quantitative estimate of drug-likeness (QED) is 0.798. The van der Waals surface area contributed by atoms with Crippen molar-refractivity contribution in [3.63, 3.8) is 0 Å². The molecule has 0 bridgehead atoms. The van der Waals surface area contributed by atoms with Crippen LogP contribution in [-0.4, -0.2) is 51.0 Å². The highest BCUT2D eigenvalue weighted by Crippen LogP contribution is 2.27. The van der Waals surface area contributed by atoms with E-state index in [1.54, 1.807) is 0 Å². The molecule has 2 aliphatic rings. The Bertz CT molecular complexity index is 564. The van der Waals surface area contributed by atoms with Crippen LogP contribution in [0, 0.1) is 5.82 Å². The summed E-state index contributed by atoms with van der Waals surface area (Å²) < 4.78 is 30.1. The lowest BCUT2D eigenvalue weighted by Gasteiger charge is -2.23. The number of carbonyl (C=O) groups is 1. The molecular weight excluding hydrogens is 351 g/mol. The van der Waals surface area contributed by atoms with Crippen LogP contribution in [0.2, 0.25) is 0 Å². The molecule has 0 aromatic heterocycles. The summed E-state index contributed by atoms with van der Waals surface area (Å²) in [5.74, 6) is -0.174. The number of rotatable bonds is 6. The summed E-state index contributed by atoms with van der Waals surface area (Å²) in [6.45, 7) is 3.03. The second-order valence-electron chi connectivity index (χ2n) is 6.06. The molecule has 1 aromatic carbocycles. The molecule has 8 heteroatoms. The van der Waals surface area contributed by atoms with Gasteiger partial charge in [-0.2, -0.15) is 0 Å². The first-order chi connectivity index (χ1) is 11.7. The maximum Gasteiger partial charge on any atom is 0.226 e. The number of ether oxygens (including phenoxy) is 3. The molecule has 6 nitrogen and oxygen atoms in total. The van der Waals surface area contributed by atoms with Crippen molar-refractivity contribution in [1.82, 2.24) is 5.32 Å². The Morgan fingerprint density at radius 2 is 2.28 bits per heavy atom. The maximum absolute atomic E-state index is 13.5. The average molecular weight is 375 g/mol. The Balaban J connectivity index is 0.00000225. The lowest BCUT2D eigenvalue weighted by atomic mass is 10.2. The van der Waals surface area contributed by atoms with Crippen LogP contribution in [0.3, 0.4) is 0 Å². The number of morpholine rings is 1. The maximum atomic E-state index is 13.5. The third kappa shape index (κ3) is 6.11. The third-order valence-electron chi connectivity index (χ3n) is 4.09. The number of nitrogens with one attached hydrogen (secondary N) is 2. The molecule has 2 unspecified atom stereocenters. The minimum atomic E-state index is -0.422. The van der Waals surface area contributed by atoms with E-state index in [4.69, 9.17) is 14.2 Å². The Kier molecular flexibility index (Phi) is 7.90. The standard InChI is InChI=1S/C17H23FN2O4.ClH/c18-12-3-4-16(24-11-14-2-1-6-23-14)15(8-12)20-17(21)9-13-10-22-7-5-19-13;/h3-4,8,13-14,19H,1-2,5-7,9-11H2,(H,20,21);1H. The summed E-state index contributed by atoms with van der Waals surface area (Å²) in [5.41, 5.74) is 0.342. The van der Waals surface area contributed by atoms with Gasteiger partial charge >= 0.3 is 0 Å². The van der Waals surface area contributed by atoms with Crippen LogP contribution in [0.4, 0.5) is 10.1 Å². The predicted octanol–water partition coefficient (Wildman–Crippen LogP) is 2.12. The fourth-order valence-corrected chi connectivity index (χ4v) is 2.86. The number of anilines is 1. The van der Waals surface area contributed by atoms with Crippen LogP contribution >= 0.6 is 12.4 Å². The van der Waals surface area contributed by atoms with Gasteiger partial charge in [0.15, 0.2) is 0 Å². The van der Waals surface area contributed by atoms with Crippen molar-refractivity contribution in [2.75, 3.05) is 38.3 Å². The number of hydrogen-bond donors (Lipinski definition) is 2. The molecule has 2 N–H and O–H groups in total. The van der Waals surface area contributed by atoms with Crippen LogP contribution in [-0.2, 0) is 14.3 Å². The van der Waals surface area contributed by atoms with Crippen molar-refractivity contribution < 1.29 is 23.4 Å². The number of amides is 1. The molecule has 0 radical (unpaired) electrons. The van der Waals surface area contributed by atoms with Gasteiger partial charge in [-0.1, -0.05) is 0 Å². The highest BCUT2D eigenvalue weighted by Gasteiger charge is 2.20. The largest absolute Gasteiger partial charge is 0.489 e. The summed E-state index contributed by atoms with van der Waals surface area (Å²) in [5, 5.41) is 5.95. The van der Waals surface area contributed by atoms with Gasteiger partial charge in [0, 0.05) is 31.7 Å². The fraction of sp³-hybridized carbons (Fsp3) is 0.588. The van der Waals surface area contributed by atoms with Crippen molar-refractivity contribution in [1.29, 1.82) is 0 Å². The first kappa shape index (κ1) is 19.9. The molecule has 2 heterocycles. The number of halogens is 2. The van der Waals surface area contributed by atoms with Crippen molar-refractivity contribution in [3.8, 4) is 5.75 Å². The molecule has 1 amide bonds. The molecule has 2 atom stereocenters. The molecule has 140 valence electrons. The van der Waals surface area contributed by atoms with E-state index in [0.717, 1.165) is 26.0 Å². The van der Waals surface area contributed by atoms with Crippen LogP contribution < -0.4 is 15.4 Å². The van der Waals surface area contributed by atoms with Crippen molar-refractivity contribution in [3.05, 3.63) is 24.0 Å². The summed E-state index contributed by atoms with van der Waals surface area (Å²) in [7, 11) is 0. The van der Waals surface area contributed by atoms with Crippen LogP contribution in [0.25, 0.3) is 0 Å². The van der Waals surface area contributed by atoms with E-state index in [2.05, 4.69) is 10.6 Å². The van der Waals surface area contributed by atoms with E-state index in [1.165, 1.54) is 18.2 Å². The summed E-state index contributed by atoms with van der Waals surface area (Å²) >= 11 is 0. The van der Waals surface area contributed by atoms with E-state index >= 15 is 0 Å². The first-order valence-corrected chi connectivity index (χ1v) is 8.35. The molecular formula is C17H24ClFN2O4. The zero-order valence-corrected chi connectivity index (χ0v) is 14.8. The average Bonchev–Trinajstić information content (AvgIpc) is 3.08. The van der Waals surface area contributed by atoms with Crippen LogP contribution in [0.1, 0.15) is 19.3 Å². The minimum Gasteiger partial charge on any atom is -0.489 e. The van der Waals surface area contributed by atoms with E-state index < -0.39 is 5.82 Å². The van der Waals surface area contributed by atoms with E-state index in [-0.39, 0.29) is 36.9 Å². The molecule has 3 rings (SSSR count). The Morgan fingerprint density at radius 1 is 1.40 bits per heavy atom. The zero-order chi connectivity index (χ0) is 16.8. The van der Waals surface area contributed by atoms with Gasteiger partial charge in [-0.05, 0) is 25.0 Å². The molecule has 1 aromatic rings. The normalized spacial score (nSPS) is 22.9. The van der Waals surface area contributed by atoms with Gasteiger partial charge in [0.1, 0.15) is 18.2 Å². The highest BCUT2D eigenvalue weighted by molar-refractivity contribution is 5.92. The number of carbonyl (C=O) groups excluding carboxylic acids is 1. The van der Waals surface area contributed by atoms with E-state index in [1.807, 2.05) is 0 Å². The molecule has 2 aliphatic heterocycles. The van der Waals surface area contributed by atoms with Crippen LogP contribution in [0.5, 0.6) is 5.75 Å². The second-order valence-corrected chi connectivity index (χ2v) is 6.06. The summed E-state index contributed by atoms with van der Waals surface area (Å²) in [6, 6.07) is 4.09. The van der Waals surface area contributed by atoms with Gasteiger partial charge in [-0.3, -0.25) is 4.79 Å². The van der Waals surface area contributed by atoms with Crippen molar-refractivity contribution >= 4 is 24.0 Å². The number of hydrogen-bond acceptors (Lipinski definition) is 5. The molecule has 0 aliphatic carbocycles. The fourth-order valence-electron chi connectivity index (χ4n) is 2.86. The van der Waals surface area contributed by atoms with Gasteiger partial charge in [-0.15, -0.1) is 12.4 Å². The monoisotopic (exact) mass is 374 g/mol. The first-order valence-electron chi connectivity index (χ1n) is 8.35. The Labute approximate surface area is 152 Å². The predicted molar refractivity (Wildman–Crippen MR) is 94.0 cm³/mol. The molecule has 0 saturated carbocycles. The lowest BCUT2D eigenvalue weighted by Crippen LogP contribution is -2.43. The molecule has 2 fully saturated rings. The SMILES string of the molecule is Cl.O=C(CC1COCCN1)Nc1cc(F)ccc1OCC1CCCO1. The Morgan fingerprint density at radius 3 is 3.00 bits per heavy atom. The van der Waals surface area contributed by atoms with Crippen LogP contribution in [0.15, 0.2) is 18.2 Å². The smallest absolute Gasteiger partial charge is 0.226 e. The second kappa shape index (κ2) is 9.91. The minimum absolute atomic E-state index is 0. The third-order valence-corrected chi connectivity index (χ3v) is 4.09. The number of benzene rings is 1. The zero-order valence-electron chi connectivity index (χ0n) is 14.0. The van der Waals surface area contributed by atoms with Gasteiger partial charge in [0.05, 0.1) is 25.0 Å². The lowest BCUT2D eigenvalue weighted by molar-refractivity contribution is -0.117. The van der Waals surface area contributed by atoms with Gasteiger partial charge in [0.25, 0.3) is 0 Å². The highest BCUT2D eigenvalue weighted by atomic mass is 35.5.